The summed E-state index contributed by atoms with van der Waals surface area (Å²) >= 11 is 0. The summed E-state index contributed by atoms with van der Waals surface area (Å²) < 4.78 is 5.53. The van der Waals surface area contributed by atoms with Crippen LogP contribution < -0.4 is 15.4 Å². The summed E-state index contributed by atoms with van der Waals surface area (Å²) in [7, 11) is 1.56. The molecule has 0 aliphatic rings. The molecule has 0 aliphatic carbocycles. The Labute approximate surface area is 155 Å². The van der Waals surface area contributed by atoms with E-state index in [1.165, 1.54) is 4.80 Å². The lowest BCUT2D eigenvalue weighted by Gasteiger charge is -2.05. The molecule has 2 amide bonds. The van der Waals surface area contributed by atoms with E-state index in [1.807, 2.05) is 30.3 Å². The molecule has 27 heavy (non-hydrogen) atoms. The van der Waals surface area contributed by atoms with E-state index >= 15 is 0 Å². The van der Waals surface area contributed by atoms with E-state index in [9.17, 15) is 9.59 Å². The normalized spacial score (nSPS) is 10.3. The van der Waals surface area contributed by atoms with E-state index in [2.05, 4.69) is 26.0 Å². The molecular formula is C18H18N6O3. The van der Waals surface area contributed by atoms with Gasteiger partial charge in [-0.2, -0.15) is 4.80 Å². The highest BCUT2D eigenvalue weighted by atomic mass is 16.5. The van der Waals surface area contributed by atoms with E-state index in [0.717, 1.165) is 0 Å². The maximum absolute atomic E-state index is 12.1. The Balaban J connectivity index is 1.51. The van der Waals surface area contributed by atoms with Crippen LogP contribution in [0, 0.1) is 0 Å². The molecule has 0 atom stereocenters. The van der Waals surface area contributed by atoms with Gasteiger partial charge in [0.15, 0.2) is 6.61 Å². The third-order valence-corrected chi connectivity index (χ3v) is 3.55. The van der Waals surface area contributed by atoms with E-state index in [0.29, 0.717) is 22.8 Å². The number of benzene rings is 2. The highest BCUT2D eigenvalue weighted by Gasteiger charge is 2.09. The zero-order valence-electron chi connectivity index (χ0n) is 14.6. The molecule has 9 nitrogen and oxygen atoms in total. The van der Waals surface area contributed by atoms with Gasteiger partial charge in [0.2, 0.25) is 11.7 Å². The van der Waals surface area contributed by atoms with Crippen LogP contribution in [0.2, 0.25) is 0 Å². The van der Waals surface area contributed by atoms with Crippen molar-refractivity contribution in [2.24, 2.45) is 0 Å². The molecule has 0 bridgehead atoms. The van der Waals surface area contributed by atoms with Crippen molar-refractivity contribution in [1.82, 2.24) is 25.5 Å². The van der Waals surface area contributed by atoms with E-state index in [-0.39, 0.29) is 25.0 Å². The van der Waals surface area contributed by atoms with Crippen molar-refractivity contribution in [1.29, 1.82) is 0 Å². The number of tetrazole rings is 1. The molecule has 0 fully saturated rings. The van der Waals surface area contributed by atoms with Gasteiger partial charge in [0.25, 0.3) is 5.91 Å². The number of hydrogen-bond donors (Lipinski definition) is 2. The highest BCUT2D eigenvalue weighted by Crippen LogP contribution is 2.10. The lowest BCUT2D eigenvalue weighted by molar-refractivity contribution is -0.117. The largest absolute Gasteiger partial charge is 0.485 e. The third kappa shape index (κ3) is 5.11. The summed E-state index contributed by atoms with van der Waals surface area (Å²) in [5.41, 5.74) is 1.08. The molecule has 0 aliphatic heterocycles. The molecule has 0 unspecified atom stereocenters. The number of carbonyl (C=O) groups excluding carboxylic acids is 2. The minimum atomic E-state index is -0.310. The topological polar surface area (TPSA) is 111 Å². The molecule has 138 valence electrons. The average molecular weight is 366 g/mol. The number of aromatic nitrogens is 4. The Morgan fingerprint density at radius 1 is 1.07 bits per heavy atom. The maximum Gasteiger partial charge on any atom is 0.251 e. The lowest BCUT2D eigenvalue weighted by Crippen LogP contribution is -2.21. The first-order chi connectivity index (χ1) is 13.1. The van der Waals surface area contributed by atoms with Gasteiger partial charge < -0.3 is 15.4 Å². The molecule has 2 N–H and O–H groups in total. The standard InChI is InChI=1S/C18H18N6O3/c1-19-18(26)13-7-9-14(10-8-13)20-17(25)11-24-22-16(21-23-24)12-27-15-5-3-2-4-6-15/h2-10H,11-12H2,1H3,(H,19,26)(H,20,25). The number of para-hydroxylation sites is 1. The Morgan fingerprint density at radius 3 is 2.52 bits per heavy atom. The molecule has 0 saturated heterocycles. The van der Waals surface area contributed by atoms with Gasteiger partial charge in [-0.15, -0.1) is 10.2 Å². The van der Waals surface area contributed by atoms with E-state index in [1.54, 1.807) is 31.3 Å². The molecule has 1 aromatic heterocycles. The first kappa shape index (κ1) is 18.1. The second kappa shape index (κ2) is 8.56. The fraction of sp³-hybridized carbons (Fsp3) is 0.167. The zero-order chi connectivity index (χ0) is 19.1. The number of nitrogens with zero attached hydrogens (tertiary/aromatic N) is 4. The van der Waals surface area contributed by atoms with Crippen molar-refractivity contribution in [3.63, 3.8) is 0 Å². The Morgan fingerprint density at radius 2 is 1.81 bits per heavy atom. The Bertz CT molecular complexity index is 908. The van der Waals surface area contributed by atoms with Crippen molar-refractivity contribution in [3.8, 4) is 5.75 Å². The van der Waals surface area contributed by atoms with Crippen LogP contribution in [0.5, 0.6) is 5.75 Å². The number of nitrogens with one attached hydrogen (secondary N) is 2. The fourth-order valence-electron chi connectivity index (χ4n) is 2.24. The number of carbonyl (C=O) groups is 2. The second-order valence-electron chi connectivity index (χ2n) is 5.54. The van der Waals surface area contributed by atoms with Gasteiger partial charge >= 0.3 is 0 Å². The van der Waals surface area contributed by atoms with Crippen LogP contribution in [0.15, 0.2) is 54.6 Å². The van der Waals surface area contributed by atoms with Gasteiger partial charge in [-0.3, -0.25) is 9.59 Å². The van der Waals surface area contributed by atoms with E-state index in [4.69, 9.17) is 4.74 Å². The maximum atomic E-state index is 12.1. The minimum absolute atomic E-state index is 0.0878. The van der Waals surface area contributed by atoms with Crippen molar-refractivity contribution in [2.75, 3.05) is 12.4 Å². The van der Waals surface area contributed by atoms with Crippen molar-refractivity contribution in [3.05, 3.63) is 66.0 Å². The first-order valence-corrected chi connectivity index (χ1v) is 8.20. The predicted molar refractivity (Wildman–Crippen MR) is 97.1 cm³/mol. The number of amides is 2. The van der Waals surface area contributed by atoms with Gasteiger partial charge in [0.1, 0.15) is 12.3 Å². The van der Waals surface area contributed by atoms with Crippen LogP contribution in [0.1, 0.15) is 16.2 Å². The van der Waals surface area contributed by atoms with Gasteiger partial charge in [-0.05, 0) is 41.6 Å². The summed E-state index contributed by atoms with van der Waals surface area (Å²) in [5, 5.41) is 17.1. The van der Waals surface area contributed by atoms with Crippen LogP contribution in [-0.2, 0) is 17.9 Å². The highest BCUT2D eigenvalue weighted by molar-refractivity contribution is 5.95. The quantitative estimate of drug-likeness (QED) is 0.651. The van der Waals surface area contributed by atoms with Gasteiger partial charge in [-0.1, -0.05) is 18.2 Å². The summed E-state index contributed by atoms with van der Waals surface area (Å²) in [6.45, 7) is 0.0715. The molecule has 3 rings (SSSR count). The van der Waals surface area contributed by atoms with Crippen LogP contribution in [0.4, 0.5) is 5.69 Å². The minimum Gasteiger partial charge on any atom is -0.485 e. The molecular weight excluding hydrogens is 348 g/mol. The number of rotatable bonds is 7. The fourth-order valence-corrected chi connectivity index (χ4v) is 2.24. The molecule has 0 spiro atoms. The summed E-state index contributed by atoms with van der Waals surface area (Å²) in [4.78, 5) is 24.8. The van der Waals surface area contributed by atoms with Crippen LogP contribution in [0.25, 0.3) is 0 Å². The molecule has 0 saturated carbocycles. The molecule has 2 aromatic carbocycles. The summed E-state index contributed by atoms with van der Waals surface area (Å²) in [6, 6.07) is 15.8. The second-order valence-corrected chi connectivity index (χ2v) is 5.54. The molecule has 1 heterocycles. The van der Waals surface area contributed by atoms with Crippen LogP contribution in [0.3, 0.4) is 0 Å². The lowest BCUT2D eigenvalue weighted by atomic mass is 10.2. The van der Waals surface area contributed by atoms with Crippen LogP contribution >= 0.6 is 0 Å². The monoisotopic (exact) mass is 366 g/mol. The summed E-state index contributed by atoms with van der Waals surface area (Å²) in [5.74, 6) is 0.578. The van der Waals surface area contributed by atoms with Crippen molar-refractivity contribution >= 4 is 17.5 Å². The number of anilines is 1. The zero-order valence-corrected chi connectivity index (χ0v) is 14.6. The van der Waals surface area contributed by atoms with Gasteiger partial charge in [-0.25, -0.2) is 0 Å². The van der Waals surface area contributed by atoms with Gasteiger partial charge in [0, 0.05) is 18.3 Å². The smallest absolute Gasteiger partial charge is 0.251 e. The molecule has 3 aromatic rings. The SMILES string of the molecule is CNC(=O)c1ccc(NC(=O)Cn2nnc(COc3ccccc3)n2)cc1. The molecule has 9 heteroatoms. The van der Waals surface area contributed by atoms with Crippen molar-refractivity contribution < 1.29 is 14.3 Å². The predicted octanol–water partition coefficient (Wildman–Crippen LogP) is 1.25. The summed E-state index contributed by atoms with van der Waals surface area (Å²) in [6.07, 6.45) is 0. The number of ether oxygens (including phenoxy) is 1. The van der Waals surface area contributed by atoms with Crippen molar-refractivity contribution in [2.45, 2.75) is 13.2 Å². The van der Waals surface area contributed by atoms with Gasteiger partial charge in [0.05, 0.1) is 0 Å². The van der Waals surface area contributed by atoms with Crippen LogP contribution in [-0.4, -0.2) is 39.1 Å². The number of hydrogen-bond acceptors (Lipinski definition) is 6. The van der Waals surface area contributed by atoms with E-state index < -0.39 is 0 Å². The third-order valence-electron chi connectivity index (χ3n) is 3.55. The first-order valence-electron chi connectivity index (χ1n) is 8.20. The Hall–Kier alpha value is -3.75. The average Bonchev–Trinajstić information content (AvgIpc) is 3.14. The molecule has 0 radical (unpaired) electrons. The Kier molecular flexibility index (Phi) is 5.73.